The summed E-state index contributed by atoms with van der Waals surface area (Å²) in [6, 6.07) is 7.26. The number of aliphatic hydroxyl groups excluding tert-OH is 1. The van der Waals surface area contributed by atoms with Crippen LogP contribution in [0.15, 0.2) is 72.9 Å². The third-order valence-corrected chi connectivity index (χ3v) is 11.2. The molecular weight excluding hydrogens is 943 g/mol. The fourth-order valence-corrected chi connectivity index (χ4v) is 7.80. The van der Waals surface area contributed by atoms with Crippen LogP contribution in [-0.2, 0) is 54.4 Å². The number of halogens is 2. The number of benzene rings is 2. The highest BCUT2D eigenvalue weighted by Crippen LogP contribution is 2.41. The topological polar surface area (TPSA) is 293 Å². The van der Waals surface area contributed by atoms with Crippen LogP contribution in [0.2, 0.25) is 0 Å². The summed E-state index contributed by atoms with van der Waals surface area (Å²) in [5.74, 6) is -8.36. The van der Waals surface area contributed by atoms with Crippen LogP contribution >= 0.6 is 0 Å². The van der Waals surface area contributed by atoms with Gasteiger partial charge in [-0.25, -0.2) is 8.78 Å². The Bertz CT molecular complexity index is 2480. The largest absolute Gasteiger partial charge is 0.387 e. The van der Waals surface area contributed by atoms with Crippen molar-refractivity contribution in [3.8, 4) is 11.1 Å². The molecule has 390 valence electrons. The maximum Gasteiger partial charge on any atom is 0.248 e. The maximum absolute atomic E-state index is 15.4. The predicted molar refractivity (Wildman–Crippen MR) is 257 cm³/mol. The summed E-state index contributed by atoms with van der Waals surface area (Å²) in [7, 11) is 0. The Kier molecular flexibility index (Phi) is 21.1. The van der Waals surface area contributed by atoms with Gasteiger partial charge < -0.3 is 61.8 Å². The van der Waals surface area contributed by atoms with E-state index in [9.17, 15) is 52.6 Å². The number of carbonyl (C=O) groups excluding carboxylic acids is 9. The van der Waals surface area contributed by atoms with Crippen molar-refractivity contribution in [2.45, 2.75) is 91.1 Å². The van der Waals surface area contributed by atoms with Crippen LogP contribution in [0.1, 0.15) is 71.7 Å². The lowest BCUT2D eigenvalue weighted by atomic mass is 9.82. The molecule has 0 radical (unpaired) electrons. The van der Waals surface area contributed by atoms with Gasteiger partial charge in [-0.2, -0.15) is 0 Å². The van der Waals surface area contributed by atoms with E-state index in [0.29, 0.717) is 5.69 Å². The van der Waals surface area contributed by atoms with Gasteiger partial charge in [-0.3, -0.25) is 43.2 Å². The molecule has 0 fully saturated rings. The van der Waals surface area contributed by atoms with E-state index in [0.717, 1.165) is 28.7 Å². The summed E-state index contributed by atoms with van der Waals surface area (Å²) in [6.45, 7) is 7.49. The second-order valence-corrected chi connectivity index (χ2v) is 18.2. The first-order valence-electron chi connectivity index (χ1n) is 23.1. The van der Waals surface area contributed by atoms with Gasteiger partial charge in [0.05, 0.1) is 19.1 Å². The highest BCUT2D eigenvalue weighted by molar-refractivity contribution is 5.97. The minimum Gasteiger partial charge on any atom is -0.387 e. The van der Waals surface area contributed by atoms with E-state index in [1.165, 1.54) is 37.8 Å². The van der Waals surface area contributed by atoms with Crippen LogP contribution in [-0.4, -0.2) is 143 Å². The number of carbonyl (C=O) groups is 9. The number of nitrogens with one attached hydrogen (secondary N) is 6. The van der Waals surface area contributed by atoms with Gasteiger partial charge in [-0.15, -0.1) is 0 Å². The maximum atomic E-state index is 15.4. The van der Waals surface area contributed by atoms with Gasteiger partial charge in [0.15, 0.2) is 0 Å². The molecule has 1 aliphatic rings. The fraction of sp³-hybridized carbons (Fsp3) is 0.449. The first-order chi connectivity index (χ1) is 34.0. The van der Waals surface area contributed by atoms with Crippen LogP contribution < -0.4 is 37.6 Å². The molecule has 5 atom stereocenters. The van der Waals surface area contributed by atoms with Crippen LogP contribution in [0, 0.1) is 17.0 Å². The van der Waals surface area contributed by atoms with Gasteiger partial charge in [0.25, 0.3) is 0 Å². The molecule has 4 rings (SSSR count). The van der Waals surface area contributed by atoms with Gasteiger partial charge in [-0.1, -0.05) is 57.2 Å². The number of amides is 9. The molecule has 1 aromatic heterocycles. The summed E-state index contributed by atoms with van der Waals surface area (Å²) in [4.78, 5) is 119. The number of nitrogens with two attached hydrogens (primary N) is 1. The zero-order chi connectivity index (χ0) is 53.3. The number of primary amides is 1. The molecule has 9 N–H and O–H groups in total. The smallest absolute Gasteiger partial charge is 0.248 e. The van der Waals surface area contributed by atoms with Crippen molar-refractivity contribution < 1.29 is 61.8 Å². The average Bonchev–Trinajstić information content (AvgIpc) is 3.60. The molecule has 23 heteroatoms. The minimum absolute atomic E-state index is 0.0538. The highest BCUT2D eigenvalue weighted by Gasteiger charge is 2.38. The van der Waals surface area contributed by atoms with Gasteiger partial charge in [0, 0.05) is 62.2 Å². The number of ether oxygens (including phenoxy) is 1. The second-order valence-electron chi connectivity index (χ2n) is 18.2. The van der Waals surface area contributed by atoms with E-state index in [4.69, 9.17) is 10.5 Å². The van der Waals surface area contributed by atoms with E-state index in [-0.39, 0.29) is 63.6 Å². The van der Waals surface area contributed by atoms with E-state index < -0.39 is 113 Å². The molecule has 1 aliphatic heterocycles. The van der Waals surface area contributed by atoms with Crippen molar-refractivity contribution >= 4 is 53.2 Å². The lowest BCUT2D eigenvalue weighted by Gasteiger charge is -2.41. The summed E-state index contributed by atoms with van der Waals surface area (Å²) < 4.78 is 37.0. The normalized spacial score (nSPS) is 14.6. The lowest BCUT2D eigenvalue weighted by molar-refractivity contribution is -0.140. The van der Waals surface area contributed by atoms with Crippen molar-refractivity contribution in [2.75, 3.05) is 46.1 Å². The predicted octanol–water partition coefficient (Wildman–Crippen LogP) is 0.259. The van der Waals surface area contributed by atoms with E-state index >= 15 is 4.39 Å². The molecule has 9 amide bonds. The van der Waals surface area contributed by atoms with Crippen LogP contribution in [0.4, 0.5) is 8.78 Å². The molecular formula is C49H64F2N10O11. The Morgan fingerprint density at radius 3 is 2.15 bits per heavy atom. The Morgan fingerprint density at radius 2 is 1.50 bits per heavy atom. The highest BCUT2D eigenvalue weighted by atomic mass is 19.1. The zero-order valence-corrected chi connectivity index (χ0v) is 41.1. The summed E-state index contributed by atoms with van der Waals surface area (Å²) in [5, 5.41) is 25.3. The molecule has 0 unspecified atom stereocenters. The molecule has 0 aliphatic carbocycles. The van der Waals surface area contributed by atoms with Crippen LogP contribution in [0.25, 0.3) is 11.1 Å². The molecule has 3 aromatic rings. The Balaban J connectivity index is 1.68. The fourth-order valence-electron chi connectivity index (χ4n) is 7.80. The van der Waals surface area contributed by atoms with Crippen molar-refractivity contribution in [3.63, 3.8) is 0 Å². The molecule has 0 spiro atoms. The Morgan fingerprint density at radius 1 is 0.847 bits per heavy atom. The minimum atomic E-state index is -1.71. The number of nitrogens with zero attached hydrogens (tertiary/aromatic N) is 3. The number of hydrogen-bond donors (Lipinski definition) is 8. The Hall–Kier alpha value is -7.53. The number of aromatic nitrogens is 1. The van der Waals surface area contributed by atoms with Gasteiger partial charge >= 0.3 is 0 Å². The molecule has 2 aromatic carbocycles. The van der Waals surface area contributed by atoms with Gasteiger partial charge in [-0.05, 0) is 55.5 Å². The molecule has 2 heterocycles. The van der Waals surface area contributed by atoms with E-state index in [2.05, 4.69) is 31.9 Å². The lowest BCUT2D eigenvalue weighted by Crippen LogP contribution is -2.58. The monoisotopic (exact) mass is 1010 g/mol. The zero-order valence-electron chi connectivity index (χ0n) is 41.1. The average molecular weight is 1010 g/mol. The van der Waals surface area contributed by atoms with Crippen molar-refractivity contribution in [1.82, 2.24) is 46.3 Å². The molecule has 0 bridgehead atoms. The number of hydrogen-bond acceptors (Lipinski definition) is 11. The third-order valence-electron chi connectivity index (χ3n) is 11.2. The summed E-state index contributed by atoms with van der Waals surface area (Å²) >= 11 is 0. The molecule has 21 nitrogen and oxygen atoms in total. The van der Waals surface area contributed by atoms with Crippen molar-refractivity contribution in [3.05, 3.63) is 95.8 Å². The SMILES string of the molecule is CC(=O)N[C@@H](C)C(=O)N[C@H](C)C(=O)N[C@@H](CC(N)=O)C(=O)N[C@@H](CCN(C(=O)CO)[C@@H](c1cc(-c2cc(F)ccc2F)cn1Cc1ccccc1)C(C)(C)C)C(=O)NCCNC(=O)CN1COCC=CC1=O. The van der Waals surface area contributed by atoms with Crippen LogP contribution in [0.5, 0.6) is 0 Å². The van der Waals surface area contributed by atoms with Crippen LogP contribution in [0.3, 0.4) is 0 Å². The molecule has 0 saturated carbocycles. The number of aliphatic hydroxyl groups is 1. The third kappa shape index (κ3) is 17.1. The Labute approximate surface area is 415 Å². The number of rotatable bonds is 24. The van der Waals surface area contributed by atoms with Gasteiger partial charge in [0.2, 0.25) is 53.2 Å². The van der Waals surface area contributed by atoms with Crippen molar-refractivity contribution in [2.24, 2.45) is 11.1 Å². The van der Waals surface area contributed by atoms with Gasteiger partial charge in [0.1, 0.15) is 55.7 Å². The van der Waals surface area contributed by atoms with E-state index in [1.807, 2.05) is 51.1 Å². The first-order valence-corrected chi connectivity index (χ1v) is 23.1. The quantitative estimate of drug-likeness (QED) is 0.0564. The molecule has 0 saturated heterocycles. The standard InChI is InChI=1S/C49H64F2N10O11/c1-29(55-31(3)63)45(68)56-30(2)46(69)58-38(23-40(52)64)48(71)57-37(47(70)54-18-17-53-41(65)26-60-28-72-20-10-13-42(60)66)16-19-61(43(67)27-62)44(49(4,5)6)39-21-33(35-22-34(50)14-15-36(35)51)25-59(39)24-32-11-8-7-9-12-32/h7-15,21-22,25,29-30,37-38,44,62H,16-20,23-24,26-28H2,1-6H3,(H2,52,64)(H,53,65)(H,54,70)(H,55,63)(H,56,68)(H,57,71)(H,58,69)/t29-,30+,37-,38-,44-/m0/s1. The first kappa shape index (κ1) is 57.1. The van der Waals surface area contributed by atoms with E-state index in [1.54, 1.807) is 16.8 Å². The second kappa shape index (κ2) is 26.6. The summed E-state index contributed by atoms with van der Waals surface area (Å²) in [6.07, 6.45) is 3.26. The summed E-state index contributed by atoms with van der Waals surface area (Å²) in [5.41, 5.74) is 6.08. The molecule has 72 heavy (non-hydrogen) atoms. The van der Waals surface area contributed by atoms with Crippen molar-refractivity contribution in [1.29, 1.82) is 0 Å².